The van der Waals surface area contributed by atoms with Gasteiger partial charge in [-0.1, -0.05) is 0 Å². The van der Waals surface area contributed by atoms with E-state index in [1.165, 1.54) is 0 Å². The molecule has 0 aromatic carbocycles. The molecule has 0 spiro atoms. The molecule has 0 unspecified atom stereocenters. The normalized spacial score (nSPS) is 5.65. The Bertz CT molecular complexity index is 168. The van der Waals surface area contributed by atoms with E-state index in [1.54, 1.807) is 0 Å². The molecule has 14 nitrogen and oxygen atoms in total. The van der Waals surface area contributed by atoms with Crippen LogP contribution in [0.25, 0.3) is 0 Å². The van der Waals surface area contributed by atoms with Crippen LogP contribution in [-0.4, -0.2) is 22.2 Å². The second-order valence-electron chi connectivity index (χ2n) is 1.30. The number of nitrogens with one attached hydrogen (secondary N) is 1. The Balaban J connectivity index is -0.0000000369. The summed E-state index contributed by atoms with van der Waals surface area (Å²) in [6.45, 7) is 0. The second-order valence-corrected chi connectivity index (χ2v) is 1.30. The second kappa shape index (κ2) is 23.4. The maximum Gasteiger partial charge on any atom is 2.00 e. The summed E-state index contributed by atoms with van der Waals surface area (Å²) in [4.78, 5) is 25.5. The molecule has 9 N–H and O–H groups in total. The summed E-state index contributed by atoms with van der Waals surface area (Å²) in [5.41, 5.74) is 17.4. The van der Waals surface area contributed by atoms with Gasteiger partial charge in [0.25, 0.3) is 0 Å². The number of nitrogens with two attached hydrogens (primary N) is 4. The number of hydrogen-bond donors (Lipinski definition) is 5. The van der Waals surface area contributed by atoms with Crippen LogP contribution in [0.1, 0.15) is 0 Å². The first-order valence-corrected chi connectivity index (χ1v) is 2.70. The standard InChI is InChI=1S/CH5N3.CH4N2O.Cu.2NO3/c2*2-1(3)4;;2*2-1(3)4/h(H5,2,3,4);(H4,2,3,4);;;/q;;+2;2*-1. The minimum absolute atomic E-state index is 0. The molecule has 0 aromatic heterocycles. The maximum atomic E-state index is 9.00. The van der Waals surface area contributed by atoms with E-state index in [4.69, 9.17) is 40.8 Å². The Kier molecular flexibility index (Phi) is 40.2. The SMILES string of the molecule is N=C(N)N.NC(N)=O.O=[N+]([O-])[O-].O=[N+]([O-])[O-].[Cu+2]. The van der Waals surface area contributed by atoms with E-state index in [2.05, 4.69) is 22.9 Å². The van der Waals surface area contributed by atoms with Gasteiger partial charge in [-0.15, -0.1) is 0 Å². The van der Waals surface area contributed by atoms with Gasteiger partial charge in [-0.2, -0.15) is 0 Å². The third kappa shape index (κ3) is 274. The van der Waals surface area contributed by atoms with Gasteiger partial charge in [0.2, 0.25) is 0 Å². The zero-order valence-electron chi connectivity index (χ0n) is 7.86. The smallest absolute Gasteiger partial charge is 0.370 e. The number of carbonyl (C=O) groups is 1. The first kappa shape index (κ1) is 29.3. The van der Waals surface area contributed by atoms with Crippen molar-refractivity contribution in [1.82, 2.24) is 0 Å². The summed E-state index contributed by atoms with van der Waals surface area (Å²) < 4.78 is 0. The molecule has 105 valence electrons. The number of nitrogens with zero attached hydrogens (tertiary/aromatic N) is 2. The van der Waals surface area contributed by atoms with Crippen molar-refractivity contribution in [1.29, 1.82) is 5.41 Å². The van der Waals surface area contributed by atoms with Crippen molar-refractivity contribution in [2.24, 2.45) is 22.9 Å². The molecule has 0 saturated carbocycles. The molecule has 0 aliphatic heterocycles. The van der Waals surface area contributed by atoms with E-state index in [1.807, 2.05) is 0 Å². The van der Waals surface area contributed by atoms with Gasteiger partial charge in [-0.25, -0.2) is 4.79 Å². The summed E-state index contributed by atoms with van der Waals surface area (Å²) in [7, 11) is 0. The number of amides is 2. The Morgan fingerprint density at radius 3 is 0.882 bits per heavy atom. The quantitative estimate of drug-likeness (QED) is 0.103. The summed E-state index contributed by atoms with van der Waals surface area (Å²) in [5, 5.41) is 35.6. The summed E-state index contributed by atoms with van der Waals surface area (Å²) in [6, 6.07) is -0.833. The zero-order valence-corrected chi connectivity index (χ0v) is 8.80. The molecule has 15 heteroatoms. The van der Waals surface area contributed by atoms with Crippen molar-refractivity contribution >= 4 is 12.0 Å². The van der Waals surface area contributed by atoms with Crippen LogP contribution < -0.4 is 22.9 Å². The van der Waals surface area contributed by atoms with Crippen LogP contribution in [-0.2, 0) is 17.1 Å². The maximum absolute atomic E-state index is 9.00. The van der Waals surface area contributed by atoms with E-state index >= 15 is 0 Å². The molecule has 0 aliphatic carbocycles. The summed E-state index contributed by atoms with van der Waals surface area (Å²) >= 11 is 0. The van der Waals surface area contributed by atoms with Crippen LogP contribution in [0.3, 0.4) is 0 Å². The van der Waals surface area contributed by atoms with Crippen molar-refractivity contribution < 1.29 is 32.0 Å². The molecular weight excluding hydrogens is 298 g/mol. The number of rotatable bonds is 0. The molecule has 0 fully saturated rings. The molecule has 0 heterocycles. The van der Waals surface area contributed by atoms with Gasteiger partial charge in [-0.3, -0.25) is 5.41 Å². The average molecular weight is 307 g/mol. The van der Waals surface area contributed by atoms with E-state index in [-0.39, 0.29) is 23.0 Å². The van der Waals surface area contributed by atoms with E-state index in [0.717, 1.165) is 0 Å². The Labute approximate surface area is 104 Å². The number of urea groups is 1. The fraction of sp³-hybridized carbons (Fsp3) is 0. The third-order valence-corrected chi connectivity index (χ3v) is 0. The summed E-state index contributed by atoms with van der Waals surface area (Å²) in [5.74, 6) is -0.333. The largest absolute Gasteiger partial charge is 2.00 e. The van der Waals surface area contributed by atoms with Gasteiger partial charge in [0.1, 0.15) is 0 Å². The number of guanidine groups is 1. The third-order valence-electron chi connectivity index (χ3n) is 0. The van der Waals surface area contributed by atoms with E-state index in [0.29, 0.717) is 0 Å². The fourth-order valence-corrected chi connectivity index (χ4v) is 0. The molecule has 2 amide bonds. The molecule has 0 aliphatic rings. The molecule has 0 aromatic rings. The molecule has 0 atom stereocenters. The minimum atomic E-state index is -1.75. The van der Waals surface area contributed by atoms with Gasteiger partial charge < -0.3 is 53.6 Å². The Morgan fingerprint density at radius 2 is 0.882 bits per heavy atom. The number of carbonyl (C=O) groups excluding carboxylic acids is 1. The first-order chi connectivity index (χ1) is 6.93. The topological polar surface area (TPSA) is 277 Å². The molecule has 0 bridgehead atoms. The van der Waals surface area contributed by atoms with Crippen LogP contribution in [0.2, 0.25) is 0 Å². The van der Waals surface area contributed by atoms with Crippen LogP contribution in [0.4, 0.5) is 4.79 Å². The van der Waals surface area contributed by atoms with Crippen molar-refractivity contribution in [3.63, 3.8) is 0 Å². The van der Waals surface area contributed by atoms with Crippen molar-refractivity contribution in [2.45, 2.75) is 0 Å². The first-order valence-electron chi connectivity index (χ1n) is 2.70. The van der Waals surface area contributed by atoms with Crippen LogP contribution >= 0.6 is 0 Å². The molecule has 0 saturated heterocycles. The zero-order chi connectivity index (χ0) is 14.3. The molecule has 1 radical (unpaired) electrons. The average Bonchev–Trinajstić information content (AvgIpc) is 1.76. The predicted octanol–water partition coefficient (Wildman–Crippen LogP) is -2.62. The Hall–Kier alpha value is -2.54. The number of primary amides is 2. The minimum Gasteiger partial charge on any atom is -0.370 e. The van der Waals surface area contributed by atoms with Crippen molar-refractivity contribution in [3.05, 3.63) is 30.6 Å². The van der Waals surface area contributed by atoms with E-state index in [9.17, 15) is 0 Å². The molecule has 0 rings (SSSR count). The van der Waals surface area contributed by atoms with Gasteiger partial charge in [0.05, 0.1) is 10.2 Å². The van der Waals surface area contributed by atoms with Gasteiger partial charge in [-0.05, 0) is 0 Å². The molecule has 17 heavy (non-hydrogen) atoms. The number of hydrogen-bond acceptors (Lipinski definition) is 8. The van der Waals surface area contributed by atoms with Gasteiger partial charge >= 0.3 is 23.1 Å². The Morgan fingerprint density at radius 1 is 0.882 bits per heavy atom. The van der Waals surface area contributed by atoms with Crippen molar-refractivity contribution in [3.8, 4) is 0 Å². The van der Waals surface area contributed by atoms with Crippen LogP contribution in [0, 0.1) is 36.1 Å². The van der Waals surface area contributed by atoms with Crippen LogP contribution in [0.15, 0.2) is 0 Å². The van der Waals surface area contributed by atoms with Gasteiger partial charge in [0.15, 0.2) is 5.96 Å². The van der Waals surface area contributed by atoms with E-state index < -0.39 is 16.2 Å². The summed E-state index contributed by atoms with van der Waals surface area (Å²) in [6.07, 6.45) is 0. The fourth-order valence-electron chi connectivity index (χ4n) is 0. The molecular formula is C2H9CuN7O7. The van der Waals surface area contributed by atoms with Gasteiger partial charge in [0, 0.05) is 0 Å². The monoisotopic (exact) mass is 306 g/mol. The van der Waals surface area contributed by atoms with Crippen LogP contribution in [0.5, 0.6) is 0 Å². The van der Waals surface area contributed by atoms with Crippen molar-refractivity contribution in [2.75, 3.05) is 0 Å². The predicted molar refractivity (Wildman–Crippen MR) is 50.6 cm³/mol.